The summed E-state index contributed by atoms with van der Waals surface area (Å²) in [5.41, 5.74) is 5.22. The SMILES string of the molecule is COCCN(CC(C)C)c1c(F)cc(C(N)=NO)cc1F. The predicted octanol–water partition coefficient (Wildman–Crippen LogP) is 2.17. The van der Waals surface area contributed by atoms with E-state index in [2.05, 4.69) is 5.16 Å². The quantitative estimate of drug-likeness (QED) is 0.350. The molecule has 0 fully saturated rings. The van der Waals surface area contributed by atoms with Gasteiger partial charge in [0.15, 0.2) is 5.84 Å². The van der Waals surface area contributed by atoms with Crippen LogP contribution in [0.25, 0.3) is 0 Å². The molecule has 0 saturated heterocycles. The number of nitrogens with zero attached hydrogens (tertiary/aromatic N) is 2. The minimum absolute atomic E-state index is 0.00696. The van der Waals surface area contributed by atoms with E-state index in [1.54, 1.807) is 4.90 Å². The number of benzene rings is 1. The lowest BCUT2D eigenvalue weighted by molar-refractivity contribution is 0.204. The van der Waals surface area contributed by atoms with E-state index in [0.29, 0.717) is 19.7 Å². The molecule has 0 saturated carbocycles. The van der Waals surface area contributed by atoms with E-state index < -0.39 is 11.6 Å². The summed E-state index contributed by atoms with van der Waals surface area (Å²) in [6.45, 7) is 5.12. The van der Waals surface area contributed by atoms with Gasteiger partial charge in [0.25, 0.3) is 0 Å². The van der Waals surface area contributed by atoms with Crippen molar-refractivity contribution in [2.75, 3.05) is 31.7 Å². The average molecular weight is 301 g/mol. The molecule has 0 radical (unpaired) electrons. The van der Waals surface area contributed by atoms with Gasteiger partial charge in [-0.3, -0.25) is 0 Å². The first-order valence-corrected chi connectivity index (χ1v) is 6.61. The zero-order valence-corrected chi connectivity index (χ0v) is 12.4. The molecule has 1 rings (SSSR count). The minimum Gasteiger partial charge on any atom is -0.409 e. The molecule has 0 atom stereocenters. The lowest BCUT2D eigenvalue weighted by Crippen LogP contribution is -2.32. The van der Waals surface area contributed by atoms with Gasteiger partial charge in [0.05, 0.1) is 6.61 Å². The van der Waals surface area contributed by atoms with Crippen molar-refractivity contribution in [3.63, 3.8) is 0 Å². The molecule has 0 amide bonds. The van der Waals surface area contributed by atoms with Crippen LogP contribution in [0.3, 0.4) is 0 Å². The summed E-state index contributed by atoms with van der Waals surface area (Å²) in [6.07, 6.45) is 0. The normalized spacial score (nSPS) is 12.0. The second kappa shape index (κ2) is 7.78. The van der Waals surface area contributed by atoms with Gasteiger partial charge in [-0.25, -0.2) is 8.78 Å². The predicted molar refractivity (Wildman–Crippen MR) is 77.8 cm³/mol. The molecule has 0 unspecified atom stereocenters. The van der Waals surface area contributed by atoms with Gasteiger partial charge in [0.1, 0.15) is 17.3 Å². The van der Waals surface area contributed by atoms with E-state index in [1.807, 2.05) is 13.8 Å². The topological polar surface area (TPSA) is 71.1 Å². The lowest BCUT2D eigenvalue weighted by Gasteiger charge is -2.27. The van der Waals surface area contributed by atoms with Crippen LogP contribution in [0, 0.1) is 17.6 Å². The Morgan fingerprint density at radius 1 is 1.38 bits per heavy atom. The third-order valence-electron chi connectivity index (χ3n) is 2.89. The molecule has 0 aliphatic carbocycles. The van der Waals surface area contributed by atoms with Crippen LogP contribution in [-0.4, -0.2) is 37.8 Å². The molecule has 0 aromatic heterocycles. The number of amidine groups is 1. The van der Waals surface area contributed by atoms with Crippen LogP contribution in [0.1, 0.15) is 19.4 Å². The van der Waals surface area contributed by atoms with E-state index in [-0.39, 0.29) is 23.0 Å². The highest BCUT2D eigenvalue weighted by Gasteiger charge is 2.20. The van der Waals surface area contributed by atoms with Gasteiger partial charge in [-0.05, 0) is 18.1 Å². The van der Waals surface area contributed by atoms with E-state index in [1.165, 1.54) is 7.11 Å². The first kappa shape index (κ1) is 17.2. The van der Waals surface area contributed by atoms with Crippen molar-refractivity contribution in [2.45, 2.75) is 13.8 Å². The fourth-order valence-electron chi connectivity index (χ4n) is 2.01. The fourth-order valence-corrected chi connectivity index (χ4v) is 2.01. The molecule has 0 heterocycles. The van der Waals surface area contributed by atoms with Crippen molar-refractivity contribution >= 4 is 11.5 Å². The first-order valence-electron chi connectivity index (χ1n) is 6.61. The van der Waals surface area contributed by atoms with E-state index in [0.717, 1.165) is 12.1 Å². The number of oxime groups is 1. The zero-order valence-electron chi connectivity index (χ0n) is 12.4. The minimum atomic E-state index is -0.756. The van der Waals surface area contributed by atoms with Crippen molar-refractivity contribution in [3.8, 4) is 0 Å². The summed E-state index contributed by atoms with van der Waals surface area (Å²) >= 11 is 0. The van der Waals surface area contributed by atoms with Crippen molar-refractivity contribution in [3.05, 3.63) is 29.3 Å². The molecule has 0 aliphatic heterocycles. The summed E-state index contributed by atoms with van der Waals surface area (Å²) in [5, 5.41) is 11.3. The second-order valence-corrected chi connectivity index (χ2v) is 5.11. The smallest absolute Gasteiger partial charge is 0.170 e. The molecule has 21 heavy (non-hydrogen) atoms. The van der Waals surface area contributed by atoms with Crippen molar-refractivity contribution in [1.29, 1.82) is 0 Å². The number of nitrogens with two attached hydrogens (primary N) is 1. The highest BCUT2D eigenvalue weighted by Crippen LogP contribution is 2.26. The summed E-state index contributed by atoms with van der Waals surface area (Å²) in [5.74, 6) is -1.63. The van der Waals surface area contributed by atoms with Gasteiger partial charge in [-0.15, -0.1) is 0 Å². The number of hydrogen-bond donors (Lipinski definition) is 2. The van der Waals surface area contributed by atoms with Crippen LogP contribution in [-0.2, 0) is 4.74 Å². The summed E-state index contributed by atoms with van der Waals surface area (Å²) < 4.78 is 33.4. The number of ether oxygens (including phenoxy) is 1. The molecule has 1 aromatic rings. The maximum absolute atomic E-state index is 14.2. The van der Waals surface area contributed by atoms with Crippen molar-refractivity contribution in [2.24, 2.45) is 16.8 Å². The van der Waals surface area contributed by atoms with Gasteiger partial charge < -0.3 is 20.6 Å². The third-order valence-corrected chi connectivity index (χ3v) is 2.89. The first-order chi connectivity index (χ1) is 9.90. The molecule has 118 valence electrons. The van der Waals surface area contributed by atoms with Crippen LogP contribution in [0.5, 0.6) is 0 Å². The summed E-state index contributed by atoms with van der Waals surface area (Å²) in [7, 11) is 1.53. The number of halogens is 2. The Bertz CT molecular complexity index is 484. The van der Waals surface area contributed by atoms with Crippen LogP contribution in [0.15, 0.2) is 17.3 Å². The van der Waals surface area contributed by atoms with Gasteiger partial charge in [-0.2, -0.15) is 0 Å². The van der Waals surface area contributed by atoms with Gasteiger partial charge in [0, 0.05) is 25.8 Å². The lowest BCUT2D eigenvalue weighted by atomic mass is 10.1. The average Bonchev–Trinajstić information content (AvgIpc) is 2.42. The molecule has 3 N–H and O–H groups in total. The molecule has 0 aliphatic rings. The van der Waals surface area contributed by atoms with Crippen LogP contribution in [0.4, 0.5) is 14.5 Å². The van der Waals surface area contributed by atoms with Crippen molar-refractivity contribution < 1.29 is 18.7 Å². The molecule has 5 nitrogen and oxygen atoms in total. The van der Waals surface area contributed by atoms with Gasteiger partial charge in [0.2, 0.25) is 0 Å². The Morgan fingerprint density at radius 2 is 1.95 bits per heavy atom. The zero-order chi connectivity index (χ0) is 16.0. The number of methoxy groups -OCH3 is 1. The van der Waals surface area contributed by atoms with Crippen LogP contribution < -0.4 is 10.6 Å². The molecule has 0 bridgehead atoms. The largest absolute Gasteiger partial charge is 0.409 e. The van der Waals surface area contributed by atoms with E-state index in [9.17, 15) is 8.78 Å². The Kier molecular flexibility index (Phi) is 6.36. The Morgan fingerprint density at radius 3 is 2.38 bits per heavy atom. The van der Waals surface area contributed by atoms with Crippen molar-refractivity contribution in [1.82, 2.24) is 0 Å². The molecule has 0 spiro atoms. The Hall–Kier alpha value is -1.89. The Labute approximate surface area is 123 Å². The third kappa shape index (κ3) is 4.56. The van der Waals surface area contributed by atoms with Crippen LogP contribution >= 0.6 is 0 Å². The highest BCUT2D eigenvalue weighted by molar-refractivity contribution is 5.97. The highest BCUT2D eigenvalue weighted by atomic mass is 19.1. The monoisotopic (exact) mass is 301 g/mol. The molecule has 7 heteroatoms. The maximum Gasteiger partial charge on any atom is 0.170 e. The van der Waals surface area contributed by atoms with Gasteiger partial charge >= 0.3 is 0 Å². The van der Waals surface area contributed by atoms with Crippen LogP contribution in [0.2, 0.25) is 0 Å². The summed E-state index contributed by atoms with van der Waals surface area (Å²) in [4.78, 5) is 1.59. The van der Waals surface area contributed by atoms with E-state index >= 15 is 0 Å². The number of anilines is 1. The van der Waals surface area contributed by atoms with E-state index in [4.69, 9.17) is 15.7 Å². The maximum atomic E-state index is 14.2. The number of hydrogen-bond acceptors (Lipinski definition) is 4. The standard InChI is InChI=1S/C14H21F2N3O2/c1-9(2)8-19(4-5-21-3)13-11(15)6-10(7-12(13)16)14(17)18-20/h6-7,9,20H,4-5,8H2,1-3H3,(H2,17,18). The second-order valence-electron chi connectivity index (χ2n) is 5.11. The number of rotatable bonds is 7. The Balaban J connectivity index is 3.18. The van der Waals surface area contributed by atoms with Gasteiger partial charge in [-0.1, -0.05) is 19.0 Å². The fraction of sp³-hybridized carbons (Fsp3) is 0.500. The summed E-state index contributed by atoms with van der Waals surface area (Å²) in [6, 6.07) is 2.10. The molecule has 1 aromatic carbocycles. The molecular formula is C14H21F2N3O2. The molecular weight excluding hydrogens is 280 g/mol.